The van der Waals surface area contributed by atoms with Crippen LogP contribution in [0.4, 0.5) is 0 Å². The number of amides is 2. The SMILES string of the molecule is Cn1ccsc1=NC(=O)[C@@H]1CSCN1C(=O)c1ccccc1. The maximum atomic E-state index is 12.5. The van der Waals surface area contributed by atoms with Crippen molar-refractivity contribution in [2.45, 2.75) is 6.04 Å². The van der Waals surface area contributed by atoms with Crippen molar-refractivity contribution in [3.05, 3.63) is 52.3 Å². The van der Waals surface area contributed by atoms with Crippen molar-refractivity contribution < 1.29 is 9.59 Å². The Labute approximate surface area is 136 Å². The van der Waals surface area contributed by atoms with Gasteiger partial charge in [-0.2, -0.15) is 4.99 Å². The normalized spacial score (nSPS) is 18.7. The Balaban J connectivity index is 1.83. The number of benzene rings is 1. The Morgan fingerprint density at radius 2 is 2.05 bits per heavy atom. The van der Waals surface area contributed by atoms with Crippen LogP contribution in [0.5, 0.6) is 0 Å². The smallest absolute Gasteiger partial charge is 0.272 e. The zero-order valence-corrected chi connectivity index (χ0v) is 13.6. The minimum Gasteiger partial charge on any atom is -0.327 e. The number of thiazole rings is 1. The van der Waals surface area contributed by atoms with Crippen molar-refractivity contribution in [2.24, 2.45) is 12.0 Å². The lowest BCUT2D eigenvalue weighted by molar-refractivity contribution is -0.121. The summed E-state index contributed by atoms with van der Waals surface area (Å²) in [6, 6.07) is 8.56. The first-order valence-electron chi connectivity index (χ1n) is 6.79. The molecule has 0 radical (unpaired) electrons. The summed E-state index contributed by atoms with van der Waals surface area (Å²) in [5.41, 5.74) is 0.601. The summed E-state index contributed by atoms with van der Waals surface area (Å²) in [6.45, 7) is 0. The van der Waals surface area contributed by atoms with Crippen molar-refractivity contribution in [3.63, 3.8) is 0 Å². The van der Waals surface area contributed by atoms with E-state index < -0.39 is 6.04 Å². The quantitative estimate of drug-likeness (QED) is 0.841. The Bertz CT molecular complexity index is 751. The number of hydrogen-bond donors (Lipinski definition) is 0. The summed E-state index contributed by atoms with van der Waals surface area (Å²) in [7, 11) is 1.85. The van der Waals surface area contributed by atoms with Crippen LogP contribution in [0.15, 0.2) is 46.9 Å². The molecule has 0 bridgehead atoms. The number of aromatic nitrogens is 1. The number of hydrogen-bond acceptors (Lipinski definition) is 4. The van der Waals surface area contributed by atoms with Gasteiger partial charge in [-0.25, -0.2) is 0 Å². The fraction of sp³-hybridized carbons (Fsp3) is 0.267. The molecular formula is C15H15N3O2S2. The van der Waals surface area contributed by atoms with E-state index in [0.29, 0.717) is 22.0 Å². The molecule has 2 heterocycles. The van der Waals surface area contributed by atoms with Gasteiger partial charge in [0.25, 0.3) is 11.8 Å². The first-order valence-corrected chi connectivity index (χ1v) is 8.82. The minimum absolute atomic E-state index is 0.116. The van der Waals surface area contributed by atoms with E-state index in [9.17, 15) is 9.59 Å². The molecule has 0 unspecified atom stereocenters. The van der Waals surface area contributed by atoms with E-state index in [4.69, 9.17) is 0 Å². The molecule has 22 heavy (non-hydrogen) atoms. The fourth-order valence-electron chi connectivity index (χ4n) is 2.20. The Hall–Kier alpha value is -1.86. The lowest BCUT2D eigenvalue weighted by Crippen LogP contribution is -2.41. The summed E-state index contributed by atoms with van der Waals surface area (Å²) in [4.78, 5) is 31.4. The van der Waals surface area contributed by atoms with Crippen molar-refractivity contribution in [1.82, 2.24) is 9.47 Å². The van der Waals surface area contributed by atoms with Gasteiger partial charge in [0.1, 0.15) is 6.04 Å². The molecule has 1 atom stereocenters. The molecule has 114 valence electrons. The molecule has 3 rings (SSSR count). The second-order valence-corrected chi connectivity index (χ2v) is 6.78. The first kappa shape index (κ1) is 15.1. The maximum absolute atomic E-state index is 12.5. The van der Waals surface area contributed by atoms with Gasteiger partial charge in [-0.05, 0) is 12.1 Å². The van der Waals surface area contributed by atoms with E-state index in [0.717, 1.165) is 0 Å². The van der Waals surface area contributed by atoms with Crippen molar-refractivity contribution in [3.8, 4) is 0 Å². The minimum atomic E-state index is -0.486. The van der Waals surface area contributed by atoms with E-state index in [1.165, 1.54) is 11.3 Å². The maximum Gasteiger partial charge on any atom is 0.272 e. The predicted molar refractivity (Wildman–Crippen MR) is 87.6 cm³/mol. The summed E-state index contributed by atoms with van der Waals surface area (Å²) >= 11 is 2.99. The third-order valence-electron chi connectivity index (χ3n) is 3.41. The number of aryl methyl sites for hydroxylation is 1. The third kappa shape index (κ3) is 3.00. The number of carbonyl (C=O) groups is 2. The molecule has 2 aromatic rings. The van der Waals surface area contributed by atoms with Crippen LogP contribution in [0.2, 0.25) is 0 Å². The van der Waals surface area contributed by atoms with Crippen molar-refractivity contribution in [1.29, 1.82) is 0 Å². The zero-order valence-electron chi connectivity index (χ0n) is 12.0. The highest BCUT2D eigenvalue weighted by atomic mass is 32.2. The molecule has 0 aliphatic carbocycles. The van der Waals surface area contributed by atoms with Crippen LogP contribution in [-0.2, 0) is 11.8 Å². The van der Waals surface area contributed by atoms with Crippen LogP contribution in [0, 0.1) is 0 Å². The third-order valence-corrected chi connectivity index (χ3v) is 5.27. The zero-order chi connectivity index (χ0) is 15.5. The monoisotopic (exact) mass is 333 g/mol. The molecule has 5 nitrogen and oxygen atoms in total. The van der Waals surface area contributed by atoms with Crippen LogP contribution in [0.1, 0.15) is 10.4 Å². The summed E-state index contributed by atoms with van der Waals surface area (Å²) < 4.78 is 1.80. The van der Waals surface area contributed by atoms with E-state index >= 15 is 0 Å². The van der Waals surface area contributed by atoms with Gasteiger partial charge < -0.3 is 9.47 Å². The molecule has 0 saturated carbocycles. The number of thioether (sulfide) groups is 1. The van der Waals surface area contributed by atoms with E-state index in [1.54, 1.807) is 33.4 Å². The number of carbonyl (C=O) groups excluding carboxylic acids is 2. The molecule has 1 aromatic heterocycles. The molecule has 1 aromatic carbocycles. The molecule has 7 heteroatoms. The Kier molecular flexibility index (Phi) is 4.44. The molecule has 1 fully saturated rings. The van der Waals surface area contributed by atoms with E-state index in [1.807, 2.05) is 36.8 Å². The summed E-state index contributed by atoms with van der Waals surface area (Å²) in [5, 5.41) is 1.88. The lowest BCUT2D eigenvalue weighted by Gasteiger charge is -2.21. The van der Waals surface area contributed by atoms with Gasteiger partial charge in [0.15, 0.2) is 4.80 Å². The van der Waals surface area contributed by atoms with E-state index in [2.05, 4.69) is 4.99 Å². The standard InChI is InChI=1S/C15H15N3O2S2/c1-17-7-8-22-15(17)16-13(19)12-9-21-10-18(12)14(20)11-5-3-2-4-6-11/h2-8,12H,9-10H2,1H3/t12-/m0/s1. The molecule has 0 N–H and O–H groups in total. The fourth-order valence-corrected chi connectivity index (χ4v) is 4.08. The van der Waals surface area contributed by atoms with Crippen LogP contribution in [-0.4, -0.2) is 39.0 Å². The Morgan fingerprint density at radius 3 is 2.73 bits per heavy atom. The van der Waals surface area contributed by atoms with Gasteiger partial charge in [0.05, 0.1) is 5.88 Å². The second kappa shape index (κ2) is 6.50. The van der Waals surface area contributed by atoms with Crippen molar-refractivity contribution in [2.75, 3.05) is 11.6 Å². The van der Waals surface area contributed by atoms with Gasteiger partial charge in [0, 0.05) is 29.9 Å². The number of rotatable bonds is 2. The molecule has 1 saturated heterocycles. The summed E-state index contributed by atoms with van der Waals surface area (Å²) in [6.07, 6.45) is 1.85. The van der Waals surface area contributed by atoms with Crippen molar-refractivity contribution >= 4 is 34.9 Å². The molecule has 2 amide bonds. The highest BCUT2D eigenvalue weighted by molar-refractivity contribution is 7.99. The molecule has 1 aliphatic heterocycles. The van der Waals surface area contributed by atoms with Gasteiger partial charge in [0.2, 0.25) is 0 Å². The number of nitrogens with zero attached hydrogens (tertiary/aromatic N) is 3. The average Bonchev–Trinajstić information content (AvgIpc) is 3.17. The largest absolute Gasteiger partial charge is 0.327 e. The van der Waals surface area contributed by atoms with Crippen LogP contribution >= 0.6 is 23.1 Å². The average molecular weight is 333 g/mol. The molecular weight excluding hydrogens is 318 g/mol. The van der Waals surface area contributed by atoms with Gasteiger partial charge in [-0.1, -0.05) is 18.2 Å². The van der Waals surface area contributed by atoms with Gasteiger partial charge in [-0.15, -0.1) is 23.1 Å². The molecule has 0 spiro atoms. The van der Waals surface area contributed by atoms with Crippen LogP contribution < -0.4 is 4.80 Å². The topological polar surface area (TPSA) is 54.7 Å². The summed E-state index contributed by atoms with van der Waals surface area (Å²) in [5.74, 6) is 0.744. The lowest BCUT2D eigenvalue weighted by atomic mass is 10.2. The molecule has 1 aliphatic rings. The highest BCUT2D eigenvalue weighted by Gasteiger charge is 2.35. The van der Waals surface area contributed by atoms with Gasteiger partial charge >= 0.3 is 0 Å². The first-order chi connectivity index (χ1) is 10.7. The highest BCUT2D eigenvalue weighted by Crippen LogP contribution is 2.24. The second-order valence-electron chi connectivity index (χ2n) is 4.90. The van der Waals surface area contributed by atoms with Crippen LogP contribution in [0.25, 0.3) is 0 Å². The van der Waals surface area contributed by atoms with E-state index in [-0.39, 0.29) is 11.8 Å². The van der Waals surface area contributed by atoms with Gasteiger partial charge in [-0.3, -0.25) is 9.59 Å². The Morgan fingerprint density at radius 1 is 1.27 bits per heavy atom. The van der Waals surface area contributed by atoms with Crippen LogP contribution in [0.3, 0.4) is 0 Å². The predicted octanol–water partition coefficient (Wildman–Crippen LogP) is 1.73.